The van der Waals surface area contributed by atoms with Crippen LogP contribution in [0.2, 0.25) is 0 Å². The predicted molar refractivity (Wildman–Crippen MR) is 76.0 cm³/mol. The van der Waals surface area contributed by atoms with Gasteiger partial charge in [0.2, 0.25) is 0 Å². The Morgan fingerprint density at radius 3 is 2.67 bits per heavy atom. The van der Waals surface area contributed by atoms with Gasteiger partial charge in [-0.15, -0.1) is 0 Å². The fourth-order valence-corrected chi connectivity index (χ4v) is 2.34. The first-order chi connectivity index (χ1) is 8.71. The van der Waals surface area contributed by atoms with Gasteiger partial charge in [0.1, 0.15) is 5.75 Å². The second kappa shape index (κ2) is 8.15. The van der Waals surface area contributed by atoms with Crippen LogP contribution in [0, 0.1) is 5.92 Å². The normalized spacial score (nSPS) is 14.2. The number of hydrogen-bond donors (Lipinski definition) is 1. The molecular weight excluding hydrogens is 224 g/mol. The summed E-state index contributed by atoms with van der Waals surface area (Å²) in [6, 6.07) is 7.98. The first-order valence-electron chi connectivity index (χ1n) is 7.02. The maximum atomic E-state index is 10.3. The van der Waals surface area contributed by atoms with Crippen molar-refractivity contribution in [1.29, 1.82) is 0 Å². The van der Waals surface area contributed by atoms with Gasteiger partial charge < -0.3 is 9.84 Å². The predicted octanol–water partition coefficient (Wildman–Crippen LogP) is 3.82. The van der Waals surface area contributed by atoms with Crippen LogP contribution < -0.4 is 4.74 Å². The molecule has 1 rings (SSSR count). The molecule has 0 aliphatic carbocycles. The van der Waals surface area contributed by atoms with Crippen molar-refractivity contribution < 1.29 is 9.84 Å². The second-order valence-corrected chi connectivity index (χ2v) is 4.93. The van der Waals surface area contributed by atoms with Crippen LogP contribution >= 0.6 is 0 Å². The van der Waals surface area contributed by atoms with Crippen molar-refractivity contribution in [3.63, 3.8) is 0 Å². The van der Waals surface area contributed by atoms with Crippen molar-refractivity contribution in [3.05, 3.63) is 29.8 Å². The lowest BCUT2D eigenvalue weighted by Gasteiger charge is -2.21. The number of hydrogen-bond acceptors (Lipinski definition) is 2. The number of aliphatic hydroxyl groups is 1. The van der Waals surface area contributed by atoms with Crippen LogP contribution in [0.15, 0.2) is 24.3 Å². The Labute approximate surface area is 111 Å². The highest BCUT2D eigenvalue weighted by Crippen LogP contribution is 2.21. The van der Waals surface area contributed by atoms with Gasteiger partial charge in [0, 0.05) is 0 Å². The molecule has 2 nitrogen and oxygen atoms in total. The Hall–Kier alpha value is -1.02. The van der Waals surface area contributed by atoms with Gasteiger partial charge in [-0.2, -0.15) is 0 Å². The summed E-state index contributed by atoms with van der Waals surface area (Å²) in [6.45, 7) is 4.36. The Bertz CT molecular complexity index is 336. The van der Waals surface area contributed by atoms with E-state index in [1.54, 1.807) is 7.11 Å². The van der Waals surface area contributed by atoms with Crippen LogP contribution in [0.3, 0.4) is 0 Å². The second-order valence-electron chi connectivity index (χ2n) is 4.93. The summed E-state index contributed by atoms with van der Waals surface area (Å²) >= 11 is 0. The molecule has 0 heterocycles. The molecule has 2 atom stereocenters. The van der Waals surface area contributed by atoms with Gasteiger partial charge in [-0.05, 0) is 36.5 Å². The van der Waals surface area contributed by atoms with Gasteiger partial charge in [0.25, 0.3) is 0 Å². The molecule has 0 aliphatic rings. The smallest absolute Gasteiger partial charge is 0.119 e. The van der Waals surface area contributed by atoms with Gasteiger partial charge in [0.15, 0.2) is 0 Å². The molecule has 0 amide bonds. The van der Waals surface area contributed by atoms with E-state index in [1.807, 2.05) is 18.2 Å². The van der Waals surface area contributed by atoms with Crippen molar-refractivity contribution in [2.75, 3.05) is 7.11 Å². The fourth-order valence-electron chi connectivity index (χ4n) is 2.34. The molecule has 0 bridgehead atoms. The highest BCUT2D eigenvalue weighted by Gasteiger charge is 2.17. The third-order valence-corrected chi connectivity index (χ3v) is 3.58. The first kappa shape index (κ1) is 15.0. The van der Waals surface area contributed by atoms with Crippen LogP contribution in [0.5, 0.6) is 5.75 Å². The first-order valence-corrected chi connectivity index (χ1v) is 7.02. The summed E-state index contributed by atoms with van der Waals surface area (Å²) in [5.74, 6) is 1.28. The molecule has 0 spiro atoms. The number of rotatable bonds is 8. The highest BCUT2D eigenvalue weighted by molar-refractivity contribution is 5.28. The van der Waals surface area contributed by atoms with Crippen LogP contribution in [-0.4, -0.2) is 18.3 Å². The summed E-state index contributed by atoms with van der Waals surface area (Å²) in [5.41, 5.74) is 1.15. The minimum atomic E-state index is -0.242. The number of methoxy groups -OCH3 is 1. The summed E-state index contributed by atoms with van der Waals surface area (Å²) in [5, 5.41) is 10.3. The topological polar surface area (TPSA) is 29.5 Å². The summed E-state index contributed by atoms with van der Waals surface area (Å²) in [4.78, 5) is 0. The Kier molecular flexibility index (Phi) is 6.81. The molecule has 0 radical (unpaired) electrons. The Balaban J connectivity index is 2.58. The minimum Gasteiger partial charge on any atom is -0.497 e. The van der Waals surface area contributed by atoms with Crippen molar-refractivity contribution in [3.8, 4) is 5.75 Å². The van der Waals surface area contributed by atoms with Crippen molar-refractivity contribution in [2.45, 2.75) is 52.1 Å². The van der Waals surface area contributed by atoms with Gasteiger partial charge in [-0.1, -0.05) is 45.2 Å². The molecule has 0 saturated heterocycles. The monoisotopic (exact) mass is 250 g/mol. The average Bonchev–Trinajstić information content (AvgIpc) is 2.40. The summed E-state index contributed by atoms with van der Waals surface area (Å²) in [6.07, 6.45) is 5.05. The van der Waals surface area contributed by atoms with E-state index in [9.17, 15) is 5.11 Å². The van der Waals surface area contributed by atoms with E-state index in [0.29, 0.717) is 5.92 Å². The Morgan fingerprint density at radius 1 is 1.28 bits per heavy atom. The number of aliphatic hydroxyl groups excluding tert-OH is 1. The lowest BCUT2D eigenvalue weighted by molar-refractivity contribution is 0.0987. The van der Waals surface area contributed by atoms with Crippen molar-refractivity contribution in [1.82, 2.24) is 0 Å². The maximum Gasteiger partial charge on any atom is 0.119 e. The lowest BCUT2D eigenvalue weighted by Crippen LogP contribution is -2.22. The third-order valence-electron chi connectivity index (χ3n) is 3.58. The zero-order valence-corrected chi connectivity index (χ0v) is 11.9. The SMILES string of the molecule is CCCCC(CC)C(O)Cc1cccc(OC)c1. The highest BCUT2D eigenvalue weighted by atomic mass is 16.5. The number of ether oxygens (including phenoxy) is 1. The molecule has 0 fully saturated rings. The van der Waals surface area contributed by atoms with Crippen LogP contribution in [0.25, 0.3) is 0 Å². The zero-order valence-electron chi connectivity index (χ0n) is 11.9. The van der Waals surface area contributed by atoms with E-state index in [4.69, 9.17) is 4.74 Å². The number of benzene rings is 1. The molecule has 2 heteroatoms. The molecule has 1 aromatic carbocycles. The molecule has 2 unspecified atom stereocenters. The van der Waals surface area contributed by atoms with Crippen LogP contribution in [0.4, 0.5) is 0 Å². The van der Waals surface area contributed by atoms with E-state index >= 15 is 0 Å². The van der Waals surface area contributed by atoms with Gasteiger partial charge in [0.05, 0.1) is 13.2 Å². The molecule has 0 aliphatic heterocycles. The van der Waals surface area contributed by atoms with Crippen molar-refractivity contribution >= 4 is 0 Å². The molecular formula is C16H26O2. The quantitative estimate of drug-likeness (QED) is 0.760. The van der Waals surface area contributed by atoms with E-state index in [-0.39, 0.29) is 6.10 Å². The van der Waals surface area contributed by atoms with Gasteiger partial charge in [-0.25, -0.2) is 0 Å². The average molecular weight is 250 g/mol. The molecule has 0 saturated carbocycles. The van der Waals surface area contributed by atoms with Crippen LogP contribution in [0.1, 0.15) is 45.1 Å². The largest absolute Gasteiger partial charge is 0.497 e. The van der Waals surface area contributed by atoms with E-state index < -0.39 is 0 Å². The van der Waals surface area contributed by atoms with Crippen molar-refractivity contribution in [2.24, 2.45) is 5.92 Å². The Morgan fingerprint density at radius 2 is 2.06 bits per heavy atom. The summed E-state index contributed by atoms with van der Waals surface area (Å²) < 4.78 is 5.21. The summed E-state index contributed by atoms with van der Waals surface area (Å²) in [7, 11) is 1.67. The molecule has 102 valence electrons. The molecule has 1 aromatic rings. The maximum absolute atomic E-state index is 10.3. The van der Waals surface area contributed by atoms with E-state index in [1.165, 1.54) is 12.8 Å². The van der Waals surface area contributed by atoms with Gasteiger partial charge in [-0.3, -0.25) is 0 Å². The molecule has 1 N–H and O–H groups in total. The standard InChI is InChI=1S/C16H26O2/c1-4-6-9-14(5-2)16(17)12-13-8-7-10-15(11-13)18-3/h7-8,10-11,14,16-17H,4-6,9,12H2,1-3H3. The molecule has 18 heavy (non-hydrogen) atoms. The number of unbranched alkanes of at least 4 members (excludes halogenated alkanes) is 1. The fraction of sp³-hybridized carbons (Fsp3) is 0.625. The third kappa shape index (κ3) is 4.69. The molecule has 0 aromatic heterocycles. The zero-order chi connectivity index (χ0) is 13.4. The minimum absolute atomic E-state index is 0.242. The van der Waals surface area contributed by atoms with Gasteiger partial charge >= 0.3 is 0 Å². The van der Waals surface area contributed by atoms with E-state index in [2.05, 4.69) is 19.9 Å². The van der Waals surface area contributed by atoms with Crippen LogP contribution in [-0.2, 0) is 6.42 Å². The lowest BCUT2D eigenvalue weighted by atomic mass is 9.89. The van der Waals surface area contributed by atoms with E-state index in [0.717, 1.165) is 30.6 Å².